The Labute approximate surface area is 239 Å². The van der Waals surface area contributed by atoms with E-state index in [9.17, 15) is 14.1 Å². The molecule has 2 atom stereocenters. The molecule has 11 heteroatoms. The maximum absolute atomic E-state index is 13.6. The van der Waals surface area contributed by atoms with Crippen LogP contribution in [0, 0.1) is 0 Å². The highest BCUT2D eigenvalue weighted by Crippen LogP contribution is 2.41. The van der Waals surface area contributed by atoms with E-state index < -0.39 is 15.7 Å². The van der Waals surface area contributed by atoms with E-state index in [1.807, 2.05) is 49.3 Å². The first-order valence-electron chi connectivity index (χ1n) is 14.0. The fraction of sp³-hybridized carbons (Fsp3) is 0.586. The molecule has 1 fully saturated rings. The lowest BCUT2D eigenvalue weighted by atomic mass is 9.98. The van der Waals surface area contributed by atoms with Crippen molar-refractivity contribution < 1.29 is 23.6 Å². The summed E-state index contributed by atoms with van der Waals surface area (Å²) >= 11 is 0. The van der Waals surface area contributed by atoms with Crippen molar-refractivity contribution in [3.8, 4) is 11.5 Å². The van der Waals surface area contributed by atoms with Crippen molar-refractivity contribution in [3.63, 3.8) is 0 Å². The van der Waals surface area contributed by atoms with Crippen molar-refractivity contribution in [1.82, 2.24) is 24.4 Å². The minimum absolute atomic E-state index is 0.0163. The number of amides is 1. The number of piperazine rings is 1. The molecule has 1 aromatic carbocycles. The molecule has 0 radical (unpaired) electrons. The van der Waals surface area contributed by atoms with E-state index in [0.717, 1.165) is 55.1 Å². The molecule has 2 N–H and O–H groups in total. The van der Waals surface area contributed by atoms with Crippen LogP contribution in [-0.2, 0) is 30.5 Å². The van der Waals surface area contributed by atoms with Gasteiger partial charge in [-0.05, 0) is 69.1 Å². The molecule has 0 saturated carbocycles. The number of benzene rings is 1. The standard InChI is InChI=1S/C29H41N5O5S/c1-29(2,3)40(37)34-18-21-16-23(28(36)30-17-20-5-6-25-26(15-20)39-19-38-25)31-22(27(21)24(34)8-14-35)7-9-33-12-10-32(4)11-13-33/h5-6,15-16,24,35H,7-14,17-19H2,1-4H3,(H,30,36)/t24-,40-/m1/s1. The Morgan fingerprint density at radius 1 is 1.15 bits per heavy atom. The molecule has 40 heavy (non-hydrogen) atoms. The number of ether oxygens (including phenoxy) is 2. The van der Waals surface area contributed by atoms with Crippen molar-refractivity contribution in [2.75, 3.05) is 53.2 Å². The average Bonchev–Trinajstić information content (AvgIpc) is 3.55. The van der Waals surface area contributed by atoms with Gasteiger partial charge in [-0.3, -0.25) is 4.79 Å². The topological polar surface area (TPSA) is 107 Å². The smallest absolute Gasteiger partial charge is 0.270 e. The number of hydrogen-bond acceptors (Lipinski definition) is 8. The van der Waals surface area contributed by atoms with Gasteiger partial charge in [0.1, 0.15) is 16.7 Å². The molecular formula is C29H41N5O5S. The Morgan fingerprint density at radius 3 is 2.62 bits per heavy atom. The normalized spacial score (nSPS) is 20.5. The summed E-state index contributed by atoms with van der Waals surface area (Å²) in [6.07, 6.45) is 1.15. The minimum Gasteiger partial charge on any atom is -0.454 e. The summed E-state index contributed by atoms with van der Waals surface area (Å²) in [7, 11) is 0.859. The number of rotatable bonds is 9. The second-order valence-corrected chi connectivity index (χ2v) is 13.9. The average molecular weight is 572 g/mol. The number of carbonyl (C=O) groups is 1. The van der Waals surface area contributed by atoms with E-state index in [1.165, 1.54) is 0 Å². The zero-order chi connectivity index (χ0) is 28.4. The third-order valence-electron chi connectivity index (χ3n) is 7.75. The molecule has 0 spiro atoms. The molecule has 0 aliphatic carbocycles. The zero-order valence-corrected chi connectivity index (χ0v) is 24.8. The molecule has 1 amide bonds. The lowest BCUT2D eigenvalue weighted by Gasteiger charge is -2.32. The van der Waals surface area contributed by atoms with E-state index in [1.54, 1.807) is 0 Å². The van der Waals surface area contributed by atoms with Gasteiger partial charge in [0.05, 0.1) is 10.8 Å². The molecule has 10 nitrogen and oxygen atoms in total. The number of pyridine rings is 1. The number of fused-ring (bicyclic) bond motifs is 2. The number of nitrogens with one attached hydrogen (secondary N) is 1. The lowest BCUT2D eigenvalue weighted by molar-refractivity contribution is 0.0945. The lowest BCUT2D eigenvalue weighted by Crippen LogP contribution is -2.45. The van der Waals surface area contributed by atoms with Gasteiger partial charge in [-0.2, -0.15) is 0 Å². The number of aromatic nitrogens is 1. The summed E-state index contributed by atoms with van der Waals surface area (Å²) in [5.74, 6) is 1.13. The van der Waals surface area contributed by atoms with E-state index in [-0.39, 0.29) is 25.3 Å². The first kappa shape index (κ1) is 28.9. The van der Waals surface area contributed by atoms with E-state index in [0.29, 0.717) is 43.1 Å². The van der Waals surface area contributed by atoms with Gasteiger partial charge in [0.25, 0.3) is 5.91 Å². The summed E-state index contributed by atoms with van der Waals surface area (Å²) in [6, 6.07) is 7.26. The second kappa shape index (κ2) is 12.1. The van der Waals surface area contributed by atoms with Crippen LogP contribution in [0.3, 0.4) is 0 Å². The van der Waals surface area contributed by atoms with Crippen LogP contribution in [0.2, 0.25) is 0 Å². The van der Waals surface area contributed by atoms with Gasteiger partial charge in [-0.1, -0.05) is 6.07 Å². The first-order valence-corrected chi connectivity index (χ1v) is 15.1. The molecule has 3 aliphatic heterocycles. The van der Waals surface area contributed by atoms with E-state index in [4.69, 9.17) is 14.5 Å². The zero-order valence-electron chi connectivity index (χ0n) is 23.9. The van der Waals surface area contributed by atoms with Crippen LogP contribution in [0.1, 0.15) is 66.1 Å². The predicted octanol–water partition coefficient (Wildman–Crippen LogP) is 2.23. The second-order valence-electron chi connectivity index (χ2n) is 11.8. The quantitative estimate of drug-likeness (QED) is 0.472. The Balaban J connectivity index is 1.40. The fourth-order valence-electron chi connectivity index (χ4n) is 5.53. The molecule has 0 unspecified atom stereocenters. The molecule has 1 aromatic heterocycles. The highest BCUT2D eigenvalue weighted by Gasteiger charge is 2.40. The largest absolute Gasteiger partial charge is 0.454 e. The SMILES string of the molecule is CN1CCN(CCc2nc(C(=O)NCc3ccc4c(c3)OCO4)cc3c2[C@@H](CCO)N([S@](=O)C(C)(C)C)C3)CC1. The molecule has 2 aromatic rings. The third-order valence-corrected chi connectivity index (χ3v) is 9.61. The number of hydrogen-bond donors (Lipinski definition) is 2. The molecule has 1 saturated heterocycles. The van der Waals surface area contributed by atoms with Gasteiger partial charge < -0.3 is 29.7 Å². The predicted molar refractivity (Wildman–Crippen MR) is 153 cm³/mol. The molecule has 218 valence electrons. The summed E-state index contributed by atoms with van der Waals surface area (Å²) < 4.78 is 25.9. The third kappa shape index (κ3) is 6.33. The van der Waals surface area contributed by atoms with E-state index in [2.05, 4.69) is 22.2 Å². The molecule has 5 rings (SSSR count). The van der Waals surface area contributed by atoms with Gasteiger partial charge in [-0.25, -0.2) is 13.5 Å². The van der Waals surface area contributed by atoms with Crippen LogP contribution in [0.4, 0.5) is 0 Å². The van der Waals surface area contributed by atoms with Crippen molar-refractivity contribution >= 4 is 16.9 Å². The molecule has 3 aliphatic rings. The number of nitrogens with zero attached hydrogens (tertiary/aromatic N) is 4. The maximum atomic E-state index is 13.6. The summed E-state index contributed by atoms with van der Waals surface area (Å²) in [6.45, 7) is 11.7. The molecular weight excluding hydrogens is 530 g/mol. The van der Waals surface area contributed by atoms with Crippen molar-refractivity contribution in [2.45, 2.75) is 57.5 Å². The van der Waals surface area contributed by atoms with Crippen LogP contribution in [-0.4, -0.2) is 92.2 Å². The van der Waals surface area contributed by atoms with Gasteiger partial charge in [0.15, 0.2) is 11.5 Å². The van der Waals surface area contributed by atoms with Crippen LogP contribution in [0.5, 0.6) is 11.5 Å². The van der Waals surface area contributed by atoms with Crippen molar-refractivity contribution in [2.24, 2.45) is 0 Å². The first-order chi connectivity index (χ1) is 19.1. The van der Waals surface area contributed by atoms with Gasteiger partial charge >= 0.3 is 0 Å². The highest BCUT2D eigenvalue weighted by molar-refractivity contribution is 7.84. The van der Waals surface area contributed by atoms with Crippen LogP contribution >= 0.6 is 0 Å². The summed E-state index contributed by atoms with van der Waals surface area (Å²) in [5.41, 5.74) is 4.11. The van der Waals surface area contributed by atoms with Crippen LogP contribution in [0.15, 0.2) is 24.3 Å². The highest BCUT2D eigenvalue weighted by atomic mass is 32.2. The number of aliphatic hydroxyl groups excluding tert-OH is 1. The van der Waals surface area contributed by atoms with Gasteiger partial charge in [-0.15, -0.1) is 0 Å². The van der Waals surface area contributed by atoms with Crippen LogP contribution in [0.25, 0.3) is 0 Å². The number of aliphatic hydroxyl groups is 1. The van der Waals surface area contributed by atoms with Gasteiger partial charge in [0, 0.05) is 64.5 Å². The maximum Gasteiger partial charge on any atom is 0.270 e. The Hall–Kier alpha value is -2.57. The number of carbonyl (C=O) groups excluding carboxylic acids is 1. The van der Waals surface area contributed by atoms with Crippen LogP contribution < -0.4 is 14.8 Å². The van der Waals surface area contributed by atoms with Gasteiger partial charge in [0.2, 0.25) is 6.79 Å². The number of likely N-dealkylation sites (N-methyl/N-ethyl adjacent to an activating group) is 1. The summed E-state index contributed by atoms with van der Waals surface area (Å²) in [5, 5.41) is 12.9. The Bertz CT molecular complexity index is 1260. The van der Waals surface area contributed by atoms with Crippen molar-refractivity contribution in [3.05, 3.63) is 52.3 Å². The summed E-state index contributed by atoms with van der Waals surface area (Å²) in [4.78, 5) is 23.0. The van der Waals surface area contributed by atoms with E-state index >= 15 is 0 Å². The Kier molecular flexibility index (Phi) is 8.77. The Morgan fingerprint density at radius 2 is 1.90 bits per heavy atom. The van der Waals surface area contributed by atoms with Crippen molar-refractivity contribution in [1.29, 1.82) is 0 Å². The molecule has 0 bridgehead atoms. The fourth-order valence-corrected chi connectivity index (χ4v) is 6.93. The monoisotopic (exact) mass is 571 g/mol. The minimum atomic E-state index is -1.28. The molecule has 4 heterocycles.